The predicted molar refractivity (Wildman–Crippen MR) is 221 cm³/mol. The third-order valence-corrected chi connectivity index (χ3v) is 13.5. The molecule has 0 aromatic heterocycles. The first-order valence-electron chi connectivity index (χ1n) is 18.6. The number of fused-ring (bicyclic) bond motifs is 2. The molecule has 0 heterocycles. The van der Waals surface area contributed by atoms with Crippen molar-refractivity contribution in [2.45, 2.75) is 39.9 Å². The highest BCUT2D eigenvalue weighted by atomic mass is 35.5. The summed E-state index contributed by atoms with van der Waals surface area (Å²) in [5.41, 5.74) is 0.294. The maximum Gasteiger partial charge on any atom is 0.311 e. The van der Waals surface area contributed by atoms with Gasteiger partial charge in [-0.3, -0.25) is 9.59 Å². The summed E-state index contributed by atoms with van der Waals surface area (Å²) in [7, 11) is 0. The first kappa shape index (κ1) is 41.2. The number of allylic oxidation sites excluding steroid dienone is 2. The lowest BCUT2D eigenvalue weighted by Gasteiger charge is -2.18. The molecule has 296 valence electrons. The van der Waals surface area contributed by atoms with Gasteiger partial charge in [0.2, 0.25) is 12.2 Å². The zero-order valence-corrected chi connectivity index (χ0v) is 34.9. The molecule has 0 amide bonds. The first-order valence-corrected chi connectivity index (χ1v) is 20.1. The minimum absolute atomic E-state index is 0.153. The van der Waals surface area contributed by atoms with E-state index in [2.05, 4.69) is 12.1 Å². The van der Waals surface area contributed by atoms with Crippen LogP contribution in [0.3, 0.4) is 0 Å². The molecule has 4 unspecified atom stereocenters. The summed E-state index contributed by atoms with van der Waals surface area (Å²) < 4.78 is 23.1. The number of esters is 2. The van der Waals surface area contributed by atoms with Crippen LogP contribution in [-0.4, -0.2) is 11.9 Å². The fraction of sp³-hybridized carbons (Fsp3) is 0.304. The Balaban J connectivity index is 0.000000177. The fourth-order valence-corrected chi connectivity index (χ4v) is 9.90. The third-order valence-electron chi connectivity index (χ3n) is 13.0. The molecule has 0 N–H and O–H groups in total. The van der Waals surface area contributed by atoms with E-state index < -0.39 is 12.2 Å². The lowest BCUT2D eigenvalue weighted by molar-refractivity contribution is -0.152. The van der Waals surface area contributed by atoms with E-state index in [-0.39, 0.29) is 66.3 Å². The van der Waals surface area contributed by atoms with E-state index in [4.69, 9.17) is 65.4 Å². The van der Waals surface area contributed by atoms with Crippen LogP contribution in [0, 0.1) is 68.0 Å². The number of rotatable bonds is 12. The summed E-state index contributed by atoms with van der Waals surface area (Å²) in [4.78, 5) is 25.4. The van der Waals surface area contributed by atoms with Crippen molar-refractivity contribution in [1.29, 1.82) is 10.5 Å². The van der Waals surface area contributed by atoms with Gasteiger partial charge in [-0.25, -0.2) is 0 Å². The Morgan fingerprint density at radius 2 is 0.879 bits per heavy atom. The molecule has 4 aliphatic rings. The van der Waals surface area contributed by atoms with Crippen molar-refractivity contribution >= 4 is 58.3 Å². The molecular weight excluding hydrogens is 818 g/mol. The van der Waals surface area contributed by atoms with Gasteiger partial charge in [0.25, 0.3) is 0 Å². The minimum Gasteiger partial charge on any atom is -0.457 e. The number of nitrogens with zero attached hydrogens (tertiary/aromatic N) is 2. The van der Waals surface area contributed by atoms with Gasteiger partial charge in [0.1, 0.15) is 44.1 Å². The molecular formula is C46H38Cl4N2O6. The van der Waals surface area contributed by atoms with Crippen LogP contribution in [0.5, 0.6) is 23.0 Å². The molecule has 0 saturated heterocycles. The normalized spacial score (nSPS) is 29.6. The molecule has 4 saturated carbocycles. The minimum atomic E-state index is -1.00. The summed E-state index contributed by atoms with van der Waals surface area (Å²) in [6, 6.07) is 36.8. The fourth-order valence-electron chi connectivity index (χ4n) is 9.40. The molecule has 58 heavy (non-hydrogen) atoms. The summed E-state index contributed by atoms with van der Waals surface area (Å²) in [5.74, 6) is 1.56. The van der Waals surface area contributed by atoms with Gasteiger partial charge >= 0.3 is 11.9 Å². The number of halogens is 4. The standard InChI is InChI=1S/2C23H19Cl2NO3/c2*1-22-18(12-19(24)25)23(22,2)20(22)21(27)29-17(13-26)14-7-6-10-16(11-14)28-15-8-4-3-5-9-15/h2*3-12,17-18,20H,1-2H3/t2*17-,18?,20?,22?,23?/m10/s1. The van der Waals surface area contributed by atoms with Crippen LogP contribution in [-0.2, 0) is 19.1 Å². The second-order valence-electron chi connectivity index (χ2n) is 15.7. The second kappa shape index (κ2) is 15.7. The maximum atomic E-state index is 12.7. The summed E-state index contributed by atoms with van der Waals surface area (Å²) in [5, 5.41) is 19.2. The molecule has 0 radical (unpaired) electrons. The Hall–Kier alpha value is -4.96. The summed E-state index contributed by atoms with van der Waals surface area (Å²) in [6.07, 6.45) is 1.55. The van der Waals surface area contributed by atoms with Crippen molar-refractivity contribution in [3.8, 4) is 35.1 Å². The molecule has 8 nitrogen and oxygen atoms in total. The summed E-state index contributed by atoms with van der Waals surface area (Å²) >= 11 is 23.1. The number of para-hydroxylation sites is 2. The topological polar surface area (TPSA) is 119 Å². The average Bonchev–Trinajstić information content (AvgIpc) is 4.12. The zero-order valence-electron chi connectivity index (χ0n) is 31.9. The number of carbonyl (C=O) groups excluding carboxylic acids is 2. The monoisotopic (exact) mass is 854 g/mol. The van der Waals surface area contributed by atoms with Crippen molar-refractivity contribution in [2.24, 2.45) is 45.3 Å². The highest BCUT2D eigenvalue weighted by Gasteiger charge is 2.95. The smallest absolute Gasteiger partial charge is 0.311 e. The molecule has 12 heteroatoms. The number of hydrogen-bond donors (Lipinski definition) is 0. The molecule has 4 aromatic rings. The number of hydrogen-bond acceptors (Lipinski definition) is 8. The van der Waals surface area contributed by atoms with E-state index in [0.717, 1.165) is 0 Å². The van der Waals surface area contributed by atoms with Gasteiger partial charge in [0.15, 0.2) is 0 Å². The first-order chi connectivity index (χ1) is 27.6. The molecule has 4 fully saturated rings. The quantitative estimate of drug-likeness (QED) is 0.129. The van der Waals surface area contributed by atoms with Gasteiger partial charge in [-0.1, -0.05) is 135 Å². The van der Waals surface area contributed by atoms with Gasteiger partial charge in [-0.2, -0.15) is 10.5 Å². The summed E-state index contributed by atoms with van der Waals surface area (Å²) in [6.45, 7) is 8.08. The third kappa shape index (κ3) is 7.22. The molecule has 8 rings (SSSR count). The van der Waals surface area contributed by atoms with Gasteiger partial charge in [-0.15, -0.1) is 0 Å². The highest BCUT2D eigenvalue weighted by Crippen LogP contribution is 2.94. The number of carbonyl (C=O) groups is 2. The van der Waals surface area contributed by atoms with Gasteiger partial charge < -0.3 is 18.9 Å². The highest BCUT2D eigenvalue weighted by molar-refractivity contribution is 6.56. The lowest BCUT2D eigenvalue weighted by atomic mass is 9.93. The van der Waals surface area contributed by atoms with Crippen molar-refractivity contribution in [2.75, 3.05) is 0 Å². The molecule has 4 aliphatic carbocycles. The maximum absolute atomic E-state index is 12.7. The molecule has 0 bridgehead atoms. The number of ether oxygens (including phenoxy) is 4. The van der Waals surface area contributed by atoms with Crippen LogP contribution in [0.4, 0.5) is 0 Å². The number of benzene rings is 4. The molecule has 0 aliphatic heterocycles. The largest absolute Gasteiger partial charge is 0.457 e. The van der Waals surface area contributed by atoms with Crippen LogP contribution in [0.1, 0.15) is 51.0 Å². The Morgan fingerprint density at radius 3 is 1.19 bits per heavy atom. The van der Waals surface area contributed by atoms with E-state index in [9.17, 15) is 20.1 Å². The van der Waals surface area contributed by atoms with E-state index in [1.165, 1.54) is 0 Å². The van der Waals surface area contributed by atoms with Crippen LogP contribution < -0.4 is 9.47 Å². The SMILES string of the molecule is CC12C(C=C(Cl)Cl)C1(C)C2C(=O)O[C@@H](C#N)c1cccc(Oc2ccccc2)c1.CC12C(C=C(Cl)Cl)C1(C)C2C(=O)O[C@H](C#N)c1cccc(Oc2ccccc2)c1. The van der Waals surface area contributed by atoms with Gasteiger partial charge in [0, 0.05) is 11.1 Å². The lowest BCUT2D eigenvalue weighted by Crippen LogP contribution is -2.23. The molecule has 4 aromatic carbocycles. The Morgan fingerprint density at radius 1 is 0.552 bits per heavy atom. The van der Waals surface area contributed by atoms with E-state index in [0.29, 0.717) is 34.1 Å². The van der Waals surface area contributed by atoms with Crippen molar-refractivity contribution in [1.82, 2.24) is 0 Å². The Labute approximate surface area is 357 Å². The van der Waals surface area contributed by atoms with Crippen LogP contribution in [0.15, 0.2) is 130 Å². The zero-order chi connectivity index (χ0) is 41.6. The molecule has 6 atom stereocenters. The van der Waals surface area contributed by atoms with Crippen molar-refractivity contribution in [3.05, 3.63) is 141 Å². The van der Waals surface area contributed by atoms with E-state index in [1.54, 1.807) is 60.7 Å². The second-order valence-corrected chi connectivity index (χ2v) is 17.7. The predicted octanol–water partition coefficient (Wildman–Crippen LogP) is 12.4. The number of nitriles is 2. The van der Waals surface area contributed by atoms with Crippen molar-refractivity contribution < 1.29 is 28.5 Å². The van der Waals surface area contributed by atoms with Crippen LogP contribution in [0.25, 0.3) is 0 Å². The van der Waals surface area contributed by atoms with E-state index >= 15 is 0 Å². The van der Waals surface area contributed by atoms with Crippen LogP contribution >= 0.6 is 46.4 Å². The van der Waals surface area contributed by atoms with Gasteiger partial charge in [0.05, 0.1) is 11.8 Å². The van der Waals surface area contributed by atoms with E-state index in [1.807, 2.05) is 88.4 Å². The Kier molecular flexibility index (Phi) is 11.1. The van der Waals surface area contributed by atoms with Gasteiger partial charge in [-0.05, 0) is 94.2 Å². The molecule has 0 spiro atoms. The van der Waals surface area contributed by atoms with Crippen molar-refractivity contribution in [3.63, 3.8) is 0 Å². The Bertz CT molecular complexity index is 2190. The average molecular weight is 857 g/mol. The van der Waals surface area contributed by atoms with Crippen LogP contribution in [0.2, 0.25) is 0 Å².